The van der Waals surface area contributed by atoms with Gasteiger partial charge in [0, 0.05) is 32.6 Å². The highest BCUT2D eigenvalue weighted by molar-refractivity contribution is 5.76. The summed E-state index contributed by atoms with van der Waals surface area (Å²) in [6, 6.07) is 13.7. The van der Waals surface area contributed by atoms with Crippen LogP contribution in [0, 0.1) is 6.92 Å². The molecule has 6 nitrogen and oxygen atoms in total. The van der Waals surface area contributed by atoms with E-state index in [1.807, 2.05) is 49.4 Å². The van der Waals surface area contributed by atoms with Crippen molar-refractivity contribution < 1.29 is 9.32 Å². The molecule has 2 heterocycles. The average Bonchev–Trinajstić information content (AvgIpc) is 3.11. The minimum atomic E-state index is 0.0400. The van der Waals surface area contributed by atoms with Gasteiger partial charge in [0.05, 0.1) is 0 Å². The molecule has 0 spiro atoms. The summed E-state index contributed by atoms with van der Waals surface area (Å²) in [4.78, 5) is 22.5. The standard InChI is InChI=1S/C19H20N4O2/c1-14-6-8-15(9-7-14)13-23(2)18(24)11-10-17-21-19(22-25-17)16-5-3-4-12-20-16/h3-9,12H,10-11,13H2,1-2H3. The Labute approximate surface area is 146 Å². The van der Waals surface area contributed by atoms with Crippen LogP contribution in [0.15, 0.2) is 53.2 Å². The van der Waals surface area contributed by atoms with Gasteiger partial charge in [0.25, 0.3) is 0 Å². The van der Waals surface area contributed by atoms with Crippen LogP contribution >= 0.6 is 0 Å². The van der Waals surface area contributed by atoms with E-state index >= 15 is 0 Å². The fraction of sp³-hybridized carbons (Fsp3) is 0.263. The van der Waals surface area contributed by atoms with Crippen LogP contribution in [-0.4, -0.2) is 33.0 Å². The van der Waals surface area contributed by atoms with Crippen molar-refractivity contribution in [2.45, 2.75) is 26.3 Å². The third-order valence-corrected chi connectivity index (χ3v) is 3.88. The monoisotopic (exact) mass is 336 g/mol. The van der Waals surface area contributed by atoms with Crippen molar-refractivity contribution >= 4 is 5.91 Å². The maximum atomic E-state index is 12.3. The molecule has 3 aromatic rings. The summed E-state index contributed by atoms with van der Waals surface area (Å²) in [6.07, 6.45) is 2.41. The molecule has 0 saturated carbocycles. The topological polar surface area (TPSA) is 72.1 Å². The predicted octanol–water partition coefficient (Wildman–Crippen LogP) is 3.03. The summed E-state index contributed by atoms with van der Waals surface area (Å²) in [5, 5.41) is 3.91. The van der Waals surface area contributed by atoms with E-state index in [4.69, 9.17) is 4.52 Å². The SMILES string of the molecule is Cc1ccc(CN(C)C(=O)CCc2nc(-c3ccccn3)no2)cc1. The molecule has 2 aromatic heterocycles. The number of nitrogens with zero attached hydrogens (tertiary/aromatic N) is 4. The molecule has 0 radical (unpaired) electrons. The van der Waals surface area contributed by atoms with Crippen LogP contribution in [0.2, 0.25) is 0 Å². The van der Waals surface area contributed by atoms with Gasteiger partial charge in [-0.25, -0.2) is 0 Å². The van der Waals surface area contributed by atoms with Gasteiger partial charge < -0.3 is 9.42 Å². The molecule has 0 aliphatic heterocycles. The largest absolute Gasteiger partial charge is 0.341 e. The van der Waals surface area contributed by atoms with Crippen molar-refractivity contribution in [3.8, 4) is 11.5 Å². The number of aryl methyl sites for hydroxylation is 2. The molecule has 3 rings (SSSR count). The third kappa shape index (κ3) is 4.50. The molecule has 128 valence electrons. The van der Waals surface area contributed by atoms with Crippen molar-refractivity contribution in [3.63, 3.8) is 0 Å². The number of amides is 1. The van der Waals surface area contributed by atoms with E-state index in [0.717, 1.165) is 5.56 Å². The molecular weight excluding hydrogens is 316 g/mol. The lowest BCUT2D eigenvalue weighted by Gasteiger charge is -2.17. The maximum absolute atomic E-state index is 12.3. The fourth-order valence-corrected chi connectivity index (χ4v) is 2.42. The van der Waals surface area contributed by atoms with Crippen LogP contribution < -0.4 is 0 Å². The van der Waals surface area contributed by atoms with E-state index in [2.05, 4.69) is 15.1 Å². The molecule has 1 amide bonds. The van der Waals surface area contributed by atoms with E-state index in [9.17, 15) is 4.79 Å². The molecule has 0 unspecified atom stereocenters. The highest BCUT2D eigenvalue weighted by Gasteiger charge is 2.14. The Morgan fingerprint density at radius 1 is 1.16 bits per heavy atom. The van der Waals surface area contributed by atoms with Gasteiger partial charge in [0.15, 0.2) is 0 Å². The minimum absolute atomic E-state index is 0.0400. The van der Waals surface area contributed by atoms with Gasteiger partial charge in [-0.2, -0.15) is 4.98 Å². The molecule has 0 aliphatic carbocycles. The van der Waals surface area contributed by atoms with Crippen LogP contribution in [-0.2, 0) is 17.8 Å². The molecule has 0 atom stereocenters. The maximum Gasteiger partial charge on any atom is 0.227 e. The Balaban J connectivity index is 1.53. The summed E-state index contributed by atoms with van der Waals surface area (Å²) in [7, 11) is 1.80. The van der Waals surface area contributed by atoms with Crippen LogP contribution in [0.3, 0.4) is 0 Å². The van der Waals surface area contributed by atoms with Crippen LogP contribution in [0.4, 0.5) is 0 Å². The first kappa shape index (κ1) is 16.8. The van der Waals surface area contributed by atoms with Gasteiger partial charge in [-0.15, -0.1) is 0 Å². The van der Waals surface area contributed by atoms with E-state index in [-0.39, 0.29) is 5.91 Å². The van der Waals surface area contributed by atoms with E-state index in [0.29, 0.717) is 36.8 Å². The second-order valence-corrected chi connectivity index (χ2v) is 5.96. The number of pyridine rings is 1. The zero-order valence-electron chi connectivity index (χ0n) is 14.3. The van der Waals surface area contributed by atoms with E-state index in [1.54, 1.807) is 18.1 Å². The van der Waals surface area contributed by atoms with Crippen LogP contribution in [0.5, 0.6) is 0 Å². The molecule has 1 aromatic carbocycles. The summed E-state index contributed by atoms with van der Waals surface area (Å²) in [6.45, 7) is 2.63. The Morgan fingerprint density at radius 2 is 1.96 bits per heavy atom. The number of hydrogen-bond acceptors (Lipinski definition) is 5. The smallest absolute Gasteiger partial charge is 0.227 e. The second-order valence-electron chi connectivity index (χ2n) is 5.96. The molecular formula is C19H20N4O2. The molecule has 0 aliphatic rings. The van der Waals surface area contributed by atoms with Crippen LogP contribution in [0.1, 0.15) is 23.4 Å². The zero-order valence-corrected chi connectivity index (χ0v) is 14.3. The highest BCUT2D eigenvalue weighted by atomic mass is 16.5. The molecule has 0 N–H and O–H groups in total. The molecule has 0 bridgehead atoms. The van der Waals surface area contributed by atoms with Crippen LogP contribution in [0.25, 0.3) is 11.5 Å². The first-order valence-electron chi connectivity index (χ1n) is 8.15. The zero-order chi connectivity index (χ0) is 17.6. The van der Waals surface area contributed by atoms with Gasteiger partial charge in [0.2, 0.25) is 17.6 Å². The quantitative estimate of drug-likeness (QED) is 0.692. The molecule has 0 fully saturated rings. The summed E-state index contributed by atoms with van der Waals surface area (Å²) in [5.41, 5.74) is 2.97. The second kappa shape index (κ2) is 7.70. The molecule has 25 heavy (non-hydrogen) atoms. The van der Waals surface area contributed by atoms with Gasteiger partial charge >= 0.3 is 0 Å². The van der Waals surface area contributed by atoms with E-state index < -0.39 is 0 Å². The minimum Gasteiger partial charge on any atom is -0.341 e. The summed E-state index contributed by atoms with van der Waals surface area (Å²) >= 11 is 0. The number of carbonyl (C=O) groups is 1. The number of hydrogen-bond donors (Lipinski definition) is 0. The Morgan fingerprint density at radius 3 is 2.68 bits per heavy atom. The summed E-state index contributed by atoms with van der Waals surface area (Å²) < 4.78 is 5.21. The lowest BCUT2D eigenvalue weighted by molar-refractivity contribution is -0.130. The van der Waals surface area contributed by atoms with Crippen molar-refractivity contribution in [1.82, 2.24) is 20.0 Å². The normalized spacial score (nSPS) is 10.6. The molecule has 6 heteroatoms. The molecule has 0 saturated heterocycles. The number of aromatic nitrogens is 3. The Kier molecular flexibility index (Phi) is 5.18. The van der Waals surface area contributed by atoms with Crippen molar-refractivity contribution in [3.05, 3.63) is 65.7 Å². The van der Waals surface area contributed by atoms with Gasteiger partial charge in [-0.1, -0.05) is 41.1 Å². The van der Waals surface area contributed by atoms with Crippen molar-refractivity contribution in [2.75, 3.05) is 7.05 Å². The fourth-order valence-electron chi connectivity index (χ4n) is 2.42. The third-order valence-electron chi connectivity index (χ3n) is 3.88. The Bertz CT molecular complexity index is 828. The number of rotatable bonds is 6. The number of benzene rings is 1. The van der Waals surface area contributed by atoms with Gasteiger partial charge in [-0.05, 0) is 24.6 Å². The average molecular weight is 336 g/mol. The first-order valence-corrected chi connectivity index (χ1v) is 8.15. The van der Waals surface area contributed by atoms with Gasteiger partial charge in [0.1, 0.15) is 5.69 Å². The Hall–Kier alpha value is -3.02. The lowest BCUT2D eigenvalue weighted by atomic mass is 10.1. The van der Waals surface area contributed by atoms with Crippen molar-refractivity contribution in [1.29, 1.82) is 0 Å². The number of carbonyl (C=O) groups excluding carboxylic acids is 1. The predicted molar refractivity (Wildman–Crippen MR) is 93.5 cm³/mol. The van der Waals surface area contributed by atoms with Crippen molar-refractivity contribution in [2.24, 2.45) is 0 Å². The van der Waals surface area contributed by atoms with E-state index in [1.165, 1.54) is 5.56 Å². The van der Waals surface area contributed by atoms with Gasteiger partial charge in [-0.3, -0.25) is 9.78 Å². The first-order chi connectivity index (χ1) is 12.1. The summed E-state index contributed by atoms with van der Waals surface area (Å²) in [5.74, 6) is 0.923. The highest BCUT2D eigenvalue weighted by Crippen LogP contribution is 2.13. The lowest BCUT2D eigenvalue weighted by Crippen LogP contribution is -2.26.